The maximum absolute atomic E-state index is 12.5. The molecule has 1 aromatic heterocycles. The topological polar surface area (TPSA) is 53.4 Å². The molecule has 0 saturated carbocycles. The van der Waals surface area contributed by atoms with Crippen LogP contribution in [0.3, 0.4) is 0 Å². The lowest BCUT2D eigenvalue weighted by molar-refractivity contribution is -0.153. The van der Waals surface area contributed by atoms with Gasteiger partial charge in [-0.05, 0) is 24.6 Å². The van der Waals surface area contributed by atoms with Crippen LogP contribution in [0.15, 0.2) is 54.6 Å². The van der Waals surface area contributed by atoms with Gasteiger partial charge >= 0.3 is 5.97 Å². The van der Waals surface area contributed by atoms with Gasteiger partial charge in [-0.1, -0.05) is 42.5 Å². The Morgan fingerprint density at radius 1 is 1.16 bits per heavy atom. The molecule has 1 aliphatic heterocycles. The maximum atomic E-state index is 12.5. The number of carbonyl (C=O) groups excluding carboxylic acids is 1. The number of carbonyl (C=O) groups is 1. The number of methoxy groups -OCH3 is 1. The highest BCUT2D eigenvalue weighted by Gasteiger charge is 2.38. The van der Waals surface area contributed by atoms with Crippen LogP contribution < -0.4 is 0 Å². The monoisotopic (exact) mass is 336 g/mol. The third kappa shape index (κ3) is 2.70. The third-order valence-corrected chi connectivity index (χ3v) is 4.78. The van der Waals surface area contributed by atoms with Crippen LogP contribution in [-0.2, 0) is 20.8 Å². The number of para-hydroxylation sites is 2. The third-order valence-electron chi connectivity index (χ3n) is 4.78. The predicted molar refractivity (Wildman–Crippen MR) is 93.9 cm³/mol. The number of hydrogen-bond acceptors (Lipinski definition) is 4. The van der Waals surface area contributed by atoms with Crippen LogP contribution in [0, 0.1) is 5.92 Å². The number of imidazole rings is 1. The number of benzene rings is 2. The second-order valence-electron chi connectivity index (χ2n) is 6.31. The van der Waals surface area contributed by atoms with Crippen LogP contribution in [0.1, 0.15) is 30.5 Å². The van der Waals surface area contributed by atoms with E-state index in [1.807, 2.05) is 61.5 Å². The van der Waals surface area contributed by atoms with Crippen LogP contribution >= 0.6 is 0 Å². The highest BCUT2D eigenvalue weighted by Crippen LogP contribution is 2.38. The predicted octanol–water partition coefficient (Wildman–Crippen LogP) is 3.66. The first-order chi connectivity index (χ1) is 12.2. The summed E-state index contributed by atoms with van der Waals surface area (Å²) in [6.07, 6.45) is -0.601. The molecule has 3 atom stereocenters. The molecule has 0 spiro atoms. The van der Waals surface area contributed by atoms with Crippen molar-refractivity contribution < 1.29 is 14.3 Å². The van der Waals surface area contributed by atoms with Crippen LogP contribution in [-0.4, -0.2) is 22.6 Å². The number of esters is 1. The van der Waals surface area contributed by atoms with Crippen molar-refractivity contribution in [1.29, 1.82) is 0 Å². The summed E-state index contributed by atoms with van der Waals surface area (Å²) in [6, 6.07) is 17.8. The zero-order valence-electron chi connectivity index (χ0n) is 14.3. The molecule has 0 N–H and O–H groups in total. The Morgan fingerprint density at radius 2 is 1.88 bits per heavy atom. The van der Waals surface area contributed by atoms with Gasteiger partial charge in [0.1, 0.15) is 17.8 Å². The Hall–Kier alpha value is -2.66. The van der Waals surface area contributed by atoms with Crippen molar-refractivity contribution in [3.63, 3.8) is 0 Å². The van der Waals surface area contributed by atoms with Crippen LogP contribution in [0.25, 0.3) is 11.0 Å². The number of rotatable bonds is 2. The van der Waals surface area contributed by atoms with Crippen molar-refractivity contribution in [3.8, 4) is 0 Å². The fraction of sp³-hybridized carbons (Fsp3) is 0.300. The SMILES string of the molecule is COC(=O)[C@@H]1Cn2c(nc3ccccc32)[C@@H](C)O[C@H]1c1ccccc1. The molecule has 3 aromatic rings. The highest BCUT2D eigenvalue weighted by molar-refractivity contribution is 5.77. The number of nitrogens with zero attached hydrogens (tertiary/aromatic N) is 2. The first kappa shape index (κ1) is 15.8. The molecule has 2 aromatic carbocycles. The summed E-state index contributed by atoms with van der Waals surface area (Å²) in [5.41, 5.74) is 2.89. The molecule has 0 radical (unpaired) electrons. The van der Waals surface area contributed by atoms with Gasteiger partial charge in [-0.3, -0.25) is 4.79 Å². The lowest BCUT2D eigenvalue weighted by atomic mass is 9.95. The molecule has 25 heavy (non-hydrogen) atoms. The molecule has 5 heteroatoms. The van der Waals surface area contributed by atoms with Gasteiger partial charge in [0, 0.05) is 6.54 Å². The number of aromatic nitrogens is 2. The summed E-state index contributed by atoms with van der Waals surface area (Å²) < 4.78 is 13.5. The molecule has 2 heterocycles. The van der Waals surface area contributed by atoms with Crippen LogP contribution in [0.5, 0.6) is 0 Å². The van der Waals surface area contributed by atoms with E-state index in [-0.39, 0.29) is 18.2 Å². The summed E-state index contributed by atoms with van der Waals surface area (Å²) in [5.74, 6) is 0.133. The Labute approximate surface area is 146 Å². The highest BCUT2D eigenvalue weighted by atomic mass is 16.5. The fourth-order valence-electron chi connectivity index (χ4n) is 3.57. The molecule has 5 nitrogen and oxygen atoms in total. The van der Waals surface area contributed by atoms with Gasteiger partial charge < -0.3 is 14.0 Å². The van der Waals surface area contributed by atoms with E-state index in [1.54, 1.807) is 0 Å². The number of fused-ring (bicyclic) bond motifs is 3. The summed E-state index contributed by atoms with van der Waals surface area (Å²) in [5, 5.41) is 0. The van der Waals surface area contributed by atoms with E-state index in [1.165, 1.54) is 7.11 Å². The molecule has 0 fully saturated rings. The average Bonchev–Trinajstić information content (AvgIpc) is 2.96. The fourth-order valence-corrected chi connectivity index (χ4v) is 3.57. The lowest BCUT2D eigenvalue weighted by Gasteiger charge is -2.25. The second-order valence-corrected chi connectivity index (χ2v) is 6.31. The van der Waals surface area contributed by atoms with Gasteiger partial charge in [-0.2, -0.15) is 0 Å². The average molecular weight is 336 g/mol. The van der Waals surface area contributed by atoms with E-state index in [2.05, 4.69) is 4.57 Å². The van der Waals surface area contributed by atoms with Gasteiger partial charge in [0.05, 0.1) is 24.2 Å². The molecular weight excluding hydrogens is 316 g/mol. The van der Waals surface area contributed by atoms with Crippen molar-refractivity contribution in [2.24, 2.45) is 5.92 Å². The Kier molecular flexibility index (Phi) is 4.01. The van der Waals surface area contributed by atoms with Gasteiger partial charge in [-0.25, -0.2) is 4.98 Å². The Balaban J connectivity index is 1.84. The van der Waals surface area contributed by atoms with E-state index in [9.17, 15) is 4.79 Å². The lowest BCUT2D eigenvalue weighted by Crippen LogP contribution is -2.28. The molecule has 0 saturated heterocycles. The molecule has 4 rings (SSSR count). The van der Waals surface area contributed by atoms with Crippen LogP contribution in [0.2, 0.25) is 0 Å². The summed E-state index contributed by atoms with van der Waals surface area (Å²) in [7, 11) is 1.42. The molecule has 0 aliphatic carbocycles. The standard InChI is InChI=1S/C20H20N2O3/c1-13-19-21-16-10-6-7-11-17(16)22(19)12-15(20(23)24-2)18(25-13)14-8-4-3-5-9-14/h3-11,13,15,18H,12H2,1-2H3/t13-,15-,18+/m1/s1. The number of ether oxygens (including phenoxy) is 2. The van der Waals surface area contributed by atoms with E-state index in [0.29, 0.717) is 6.54 Å². The van der Waals surface area contributed by atoms with Crippen LogP contribution in [0.4, 0.5) is 0 Å². The Bertz CT molecular complexity index is 904. The van der Waals surface area contributed by atoms with Gasteiger partial charge in [0.2, 0.25) is 0 Å². The molecule has 1 aliphatic rings. The van der Waals surface area contributed by atoms with Gasteiger partial charge in [-0.15, -0.1) is 0 Å². The second kappa shape index (κ2) is 6.33. The zero-order chi connectivity index (χ0) is 17.4. The van der Waals surface area contributed by atoms with Crippen molar-refractivity contribution >= 4 is 17.0 Å². The van der Waals surface area contributed by atoms with Gasteiger partial charge in [0.25, 0.3) is 0 Å². The van der Waals surface area contributed by atoms with Crippen molar-refractivity contribution in [3.05, 3.63) is 66.0 Å². The minimum absolute atomic E-state index is 0.229. The summed E-state index contributed by atoms with van der Waals surface area (Å²) in [6.45, 7) is 2.46. The first-order valence-corrected chi connectivity index (χ1v) is 8.42. The zero-order valence-corrected chi connectivity index (χ0v) is 14.3. The van der Waals surface area contributed by atoms with Crippen molar-refractivity contribution in [2.45, 2.75) is 25.7 Å². The van der Waals surface area contributed by atoms with E-state index in [0.717, 1.165) is 22.4 Å². The summed E-state index contributed by atoms with van der Waals surface area (Å²) >= 11 is 0. The largest absolute Gasteiger partial charge is 0.469 e. The molecular formula is C20H20N2O3. The van der Waals surface area contributed by atoms with Crippen molar-refractivity contribution in [2.75, 3.05) is 7.11 Å². The number of hydrogen-bond donors (Lipinski definition) is 0. The first-order valence-electron chi connectivity index (χ1n) is 8.42. The maximum Gasteiger partial charge on any atom is 0.313 e. The smallest absolute Gasteiger partial charge is 0.313 e. The van der Waals surface area contributed by atoms with E-state index < -0.39 is 5.92 Å². The molecule has 0 amide bonds. The summed E-state index contributed by atoms with van der Waals surface area (Å²) in [4.78, 5) is 17.3. The Morgan fingerprint density at radius 3 is 2.64 bits per heavy atom. The molecule has 0 bridgehead atoms. The van der Waals surface area contributed by atoms with Crippen molar-refractivity contribution in [1.82, 2.24) is 9.55 Å². The minimum Gasteiger partial charge on any atom is -0.469 e. The molecule has 128 valence electrons. The minimum atomic E-state index is -0.436. The van der Waals surface area contributed by atoms with E-state index in [4.69, 9.17) is 14.5 Å². The van der Waals surface area contributed by atoms with Gasteiger partial charge in [0.15, 0.2) is 0 Å². The molecule has 0 unspecified atom stereocenters. The quantitative estimate of drug-likeness (QED) is 0.670. The normalized spacial score (nSPS) is 23.0. The van der Waals surface area contributed by atoms with E-state index >= 15 is 0 Å².